The van der Waals surface area contributed by atoms with Gasteiger partial charge in [-0.15, -0.1) is 0 Å². The average Bonchev–Trinajstić information content (AvgIpc) is 2.79. The van der Waals surface area contributed by atoms with Crippen molar-refractivity contribution in [3.05, 3.63) is 12.7 Å². The monoisotopic (exact) mass is 253 g/mol. The van der Waals surface area contributed by atoms with E-state index in [0.29, 0.717) is 23.4 Å². The number of nitrogen functional groups attached to an aromatic ring is 1. The Morgan fingerprint density at radius 3 is 3.00 bits per heavy atom. The third kappa shape index (κ3) is 2.55. The molecule has 0 fully saturated rings. The zero-order valence-electron chi connectivity index (χ0n) is 9.98. The number of aliphatic hydroxyl groups excluding tert-OH is 1. The van der Waals surface area contributed by atoms with Crippen molar-refractivity contribution < 1.29 is 14.6 Å². The van der Waals surface area contributed by atoms with Gasteiger partial charge in [0.2, 0.25) is 0 Å². The molecule has 2 aromatic heterocycles. The van der Waals surface area contributed by atoms with Gasteiger partial charge in [-0.25, -0.2) is 15.0 Å². The molecule has 2 rings (SSSR count). The number of hydrogen-bond acceptors (Lipinski definition) is 7. The second kappa shape index (κ2) is 5.71. The zero-order chi connectivity index (χ0) is 13.0. The Hall–Kier alpha value is -1.77. The predicted octanol–water partition coefficient (Wildman–Crippen LogP) is -0.263. The number of fused-ring (bicyclic) bond motifs is 1. The van der Waals surface area contributed by atoms with E-state index in [1.165, 1.54) is 13.4 Å². The molecule has 0 aliphatic rings. The number of hydrogen-bond donors (Lipinski definition) is 2. The van der Waals surface area contributed by atoms with Crippen molar-refractivity contribution in [3.63, 3.8) is 0 Å². The summed E-state index contributed by atoms with van der Waals surface area (Å²) < 4.78 is 12.2. The van der Waals surface area contributed by atoms with Gasteiger partial charge in [-0.1, -0.05) is 0 Å². The number of ether oxygens (including phenoxy) is 2. The Morgan fingerprint density at radius 1 is 1.44 bits per heavy atom. The first-order chi connectivity index (χ1) is 8.76. The highest BCUT2D eigenvalue weighted by molar-refractivity contribution is 5.80. The molecule has 98 valence electrons. The van der Waals surface area contributed by atoms with Crippen LogP contribution >= 0.6 is 0 Å². The average molecular weight is 253 g/mol. The highest BCUT2D eigenvalue weighted by Gasteiger charge is 2.10. The van der Waals surface area contributed by atoms with Crippen molar-refractivity contribution in [2.45, 2.75) is 19.4 Å². The van der Waals surface area contributed by atoms with Gasteiger partial charge in [0.05, 0.1) is 6.33 Å². The summed E-state index contributed by atoms with van der Waals surface area (Å²) in [7, 11) is 1.52. The molecule has 0 amide bonds. The Morgan fingerprint density at radius 2 is 2.28 bits per heavy atom. The van der Waals surface area contributed by atoms with E-state index in [0.717, 1.165) is 0 Å². The molecule has 0 saturated carbocycles. The lowest BCUT2D eigenvalue weighted by Crippen LogP contribution is -2.18. The quantitative estimate of drug-likeness (QED) is 0.682. The molecule has 0 bridgehead atoms. The standard InChI is InChI=1S/C10H15N5O3/c1-17-7(2-3-16)18-6-15-5-14-8-9(11)12-4-13-10(8)15/h4-5,7,16H,2-3,6H2,1H3,(H2,11,12,13). The molecule has 0 saturated heterocycles. The molecule has 1 atom stereocenters. The molecule has 18 heavy (non-hydrogen) atoms. The van der Waals surface area contributed by atoms with Crippen molar-refractivity contribution in [3.8, 4) is 0 Å². The number of aromatic nitrogens is 4. The molecule has 8 heteroatoms. The Balaban J connectivity index is 2.10. The van der Waals surface area contributed by atoms with Gasteiger partial charge < -0.3 is 20.3 Å². The van der Waals surface area contributed by atoms with Gasteiger partial charge in [-0.2, -0.15) is 0 Å². The number of nitrogens with zero attached hydrogens (tertiary/aromatic N) is 4. The first-order valence-corrected chi connectivity index (χ1v) is 5.42. The minimum absolute atomic E-state index is 0.00169. The van der Waals surface area contributed by atoms with Gasteiger partial charge >= 0.3 is 0 Å². The number of anilines is 1. The number of nitrogens with two attached hydrogens (primary N) is 1. The van der Waals surface area contributed by atoms with Crippen LogP contribution in [0.1, 0.15) is 6.42 Å². The number of aliphatic hydroxyl groups is 1. The first kappa shape index (κ1) is 12.7. The molecule has 1 unspecified atom stereocenters. The van der Waals surface area contributed by atoms with E-state index in [4.69, 9.17) is 20.3 Å². The Bertz CT molecular complexity index is 515. The SMILES string of the molecule is COC(CCO)OCn1cnc2c(N)ncnc21. The van der Waals surface area contributed by atoms with E-state index in [-0.39, 0.29) is 13.3 Å². The maximum absolute atomic E-state index is 8.82. The lowest BCUT2D eigenvalue weighted by atomic mass is 10.4. The van der Waals surface area contributed by atoms with Crippen molar-refractivity contribution in [2.24, 2.45) is 0 Å². The summed E-state index contributed by atoms with van der Waals surface area (Å²) in [4.78, 5) is 12.1. The topological polar surface area (TPSA) is 108 Å². The van der Waals surface area contributed by atoms with Crippen molar-refractivity contribution in [1.29, 1.82) is 0 Å². The number of rotatable bonds is 6. The Kier molecular flexibility index (Phi) is 4.03. The molecule has 0 aliphatic carbocycles. The third-order valence-corrected chi connectivity index (χ3v) is 2.46. The largest absolute Gasteiger partial charge is 0.396 e. The molecular formula is C10H15N5O3. The molecule has 2 aromatic rings. The highest BCUT2D eigenvalue weighted by Crippen LogP contribution is 2.14. The van der Waals surface area contributed by atoms with Crippen LogP contribution in [0.2, 0.25) is 0 Å². The van der Waals surface area contributed by atoms with Gasteiger partial charge in [0, 0.05) is 20.1 Å². The zero-order valence-corrected chi connectivity index (χ0v) is 9.98. The Labute approximate surface area is 103 Å². The minimum Gasteiger partial charge on any atom is -0.396 e. The van der Waals surface area contributed by atoms with Crippen LogP contribution in [0.5, 0.6) is 0 Å². The van der Waals surface area contributed by atoms with E-state index in [1.807, 2.05) is 0 Å². The molecule has 0 spiro atoms. The summed E-state index contributed by atoms with van der Waals surface area (Å²) >= 11 is 0. The van der Waals surface area contributed by atoms with E-state index < -0.39 is 6.29 Å². The van der Waals surface area contributed by atoms with Crippen LogP contribution in [0.3, 0.4) is 0 Å². The fourth-order valence-corrected chi connectivity index (χ4v) is 1.53. The molecule has 0 aromatic carbocycles. The van der Waals surface area contributed by atoms with Crippen LogP contribution in [0.4, 0.5) is 5.82 Å². The second-order valence-electron chi connectivity index (χ2n) is 3.62. The lowest BCUT2D eigenvalue weighted by Gasteiger charge is -2.15. The highest BCUT2D eigenvalue weighted by atomic mass is 16.7. The van der Waals surface area contributed by atoms with Crippen LogP contribution in [0.15, 0.2) is 12.7 Å². The summed E-state index contributed by atoms with van der Waals surface area (Å²) in [5.74, 6) is 0.331. The minimum atomic E-state index is -0.466. The molecule has 3 N–H and O–H groups in total. The van der Waals surface area contributed by atoms with E-state index in [2.05, 4.69) is 15.0 Å². The van der Waals surface area contributed by atoms with Gasteiger partial charge in [-0.3, -0.25) is 4.57 Å². The number of methoxy groups -OCH3 is 1. The summed E-state index contributed by atoms with van der Waals surface area (Å²) in [6, 6.07) is 0. The van der Waals surface area contributed by atoms with Crippen LogP contribution < -0.4 is 5.73 Å². The summed E-state index contributed by atoms with van der Waals surface area (Å²) in [6.07, 6.45) is 2.88. The molecule has 2 heterocycles. The van der Waals surface area contributed by atoms with Gasteiger partial charge in [0.25, 0.3) is 0 Å². The normalized spacial score (nSPS) is 13.0. The van der Waals surface area contributed by atoms with Crippen molar-refractivity contribution in [2.75, 3.05) is 19.5 Å². The van der Waals surface area contributed by atoms with E-state index >= 15 is 0 Å². The second-order valence-corrected chi connectivity index (χ2v) is 3.62. The predicted molar refractivity (Wildman–Crippen MR) is 63.3 cm³/mol. The van der Waals surface area contributed by atoms with Gasteiger partial charge in [0.15, 0.2) is 17.8 Å². The lowest BCUT2D eigenvalue weighted by molar-refractivity contribution is -0.153. The van der Waals surface area contributed by atoms with Crippen LogP contribution in [-0.2, 0) is 16.2 Å². The molecule has 0 radical (unpaired) electrons. The van der Waals surface area contributed by atoms with Crippen LogP contribution in [-0.4, -0.2) is 44.6 Å². The van der Waals surface area contributed by atoms with Crippen molar-refractivity contribution in [1.82, 2.24) is 19.5 Å². The number of imidazole rings is 1. The summed E-state index contributed by atoms with van der Waals surface area (Å²) in [5.41, 5.74) is 6.81. The maximum Gasteiger partial charge on any atom is 0.167 e. The van der Waals surface area contributed by atoms with E-state index in [9.17, 15) is 0 Å². The third-order valence-electron chi connectivity index (χ3n) is 2.46. The van der Waals surface area contributed by atoms with Gasteiger partial charge in [-0.05, 0) is 0 Å². The summed E-state index contributed by atoms with van der Waals surface area (Å²) in [5, 5.41) is 8.82. The van der Waals surface area contributed by atoms with E-state index in [1.54, 1.807) is 10.9 Å². The van der Waals surface area contributed by atoms with Crippen LogP contribution in [0.25, 0.3) is 11.2 Å². The maximum atomic E-state index is 8.82. The molecule has 8 nitrogen and oxygen atoms in total. The fraction of sp³-hybridized carbons (Fsp3) is 0.500. The first-order valence-electron chi connectivity index (χ1n) is 5.42. The van der Waals surface area contributed by atoms with Gasteiger partial charge in [0.1, 0.15) is 18.6 Å². The van der Waals surface area contributed by atoms with Crippen molar-refractivity contribution >= 4 is 17.0 Å². The summed E-state index contributed by atoms with van der Waals surface area (Å²) in [6.45, 7) is 0.212. The molecule has 0 aliphatic heterocycles. The smallest absolute Gasteiger partial charge is 0.167 e. The van der Waals surface area contributed by atoms with Crippen LogP contribution in [0, 0.1) is 0 Å². The molecular weight excluding hydrogens is 238 g/mol. The fourth-order valence-electron chi connectivity index (χ4n) is 1.53.